The van der Waals surface area contributed by atoms with Gasteiger partial charge < -0.3 is 14.0 Å². The summed E-state index contributed by atoms with van der Waals surface area (Å²) in [5.74, 6) is 0.734. The molecule has 2 saturated carbocycles. The zero-order valence-electron chi connectivity index (χ0n) is 20.9. The van der Waals surface area contributed by atoms with Crippen LogP contribution in [0.5, 0.6) is 0 Å². The lowest BCUT2D eigenvalue weighted by Crippen LogP contribution is -2.47. The number of ether oxygens (including phenoxy) is 2. The number of hydrogen-bond acceptors (Lipinski definition) is 3. The summed E-state index contributed by atoms with van der Waals surface area (Å²) in [6.45, 7) is 12.1. The van der Waals surface area contributed by atoms with Crippen LogP contribution in [0.1, 0.15) is 98.3 Å². The van der Waals surface area contributed by atoms with Gasteiger partial charge in [0.05, 0.1) is 33.4 Å². The van der Waals surface area contributed by atoms with Crippen molar-refractivity contribution in [1.82, 2.24) is 0 Å². The van der Waals surface area contributed by atoms with E-state index in [4.69, 9.17) is 9.47 Å². The highest BCUT2D eigenvalue weighted by Gasteiger charge is 2.61. The second-order valence-electron chi connectivity index (χ2n) is 11.5. The first-order valence-electron chi connectivity index (χ1n) is 12.7. The normalized spacial score (nSPS) is 27.5. The Balaban J connectivity index is 1.55. The van der Waals surface area contributed by atoms with Crippen LogP contribution >= 0.6 is 0 Å². The Labute approximate surface area is 186 Å². The van der Waals surface area contributed by atoms with Gasteiger partial charge in [-0.25, -0.2) is 4.79 Å². The van der Waals surface area contributed by atoms with E-state index in [0.29, 0.717) is 34.6 Å². The minimum Gasteiger partial charge on any atom is -0.462 e. The van der Waals surface area contributed by atoms with Gasteiger partial charge in [-0.3, -0.25) is 0 Å². The van der Waals surface area contributed by atoms with Crippen LogP contribution in [0.15, 0.2) is 0 Å². The van der Waals surface area contributed by atoms with Gasteiger partial charge in [0.25, 0.3) is 0 Å². The van der Waals surface area contributed by atoms with E-state index in [-0.39, 0.29) is 5.97 Å². The number of quaternary nitrogens is 1. The average Bonchev–Trinajstić information content (AvgIpc) is 2.99. The Hall–Kier alpha value is -0.610. The SMILES string of the molecule is CCCCCCCCCCOC(=O)C[N+](C)(C)CCO[C@@H]1C[C@@H]2CC[C@]1(C)C2(C)C. The summed E-state index contributed by atoms with van der Waals surface area (Å²) >= 11 is 0. The van der Waals surface area contributed by atoms with Gasteiger partial charge >= 0.3 is 5.97 Å². The third-order valence-electron chi connectivity index (χ3n) is 8.55. The number of hydrogen-bond donors (Lipinski definition) is 0. The van der Waals surface area contributed by atoms with Crippen molar-refractivity contribution in [3.05, 3.63) is 0 Å². The van der Waals surface area contributed by atoms with E-state index in [0.717, 1.165) is 25.5 Å². The molecule has 0 heterocycles. The van der Waals surface area contributed by atoms with Crippen molar-refractivity contribution in [2.75, 3.05) is 40.4 Å². The number of esters is 1. The predicted octanol–water partition coefficient (Wildman–Crippen LogP) is 5.98. The van der Waals surface area contributed by atoms with Crippen LogP contribution in [-0.4, -0.2) is 57.0 Å². The molecule has 2 bridgehead atoms. The van der Waals surface area contributed by atoms with Gasteiger partial charge in [0.15, 0.2) is 6.54 Å². The van der Waals surface area contributed by atoms with Gasteiger partial charge in [0.2, 0.25) is 0 Å². The Morgan fingerprint density at radius 1 is 0.967 bits per heavy atom. The van der Waals surface area contributed by atoms with Gasteiger partial charge in [-0.05, 0) is 42.4 Å². The van der Waals surface area contributed by atoms with Crippen LogP contribution in [0.25, 0.3) is 0 Å². The van der Waals surface area contributed by atoms with Crippen LogP contribution in [0, 0.1) is 16.7 Å². The van der Waals surface area contributed by atoms with Crippen LogP contribution in [0.4, 0.5) is 0 Å². The standard InChI is InChI=1S/C26H50NO3/c1-7-8-9-10-11-12-13-14-18-30-24(28)21-27(5,6)17-19-29-23-20-22-15-16-26(23,4)25(22,2)3/h22-23H,7-21H2,1-6H3/q+1/t22-,23+,26-/m0/s1. The van der Waals surface area contributed by atoms with E-state index in [1.807, 2.05) is 0 Å². The van der Waals surface area contributed by atoms with Crippen molar-refractivity contribution in [1.29, 1.82) is 0 Å². The molecule has 0 aromatic heterocycles. The zero-order valence-corrected chi connectivity index (χ0v) is 20.9. The molecule has 0 saturated heterocycles. The molecule has 3 atom stereocenters. The molecule has 0 aromatic rings. The fourth-order valence-electron chi connectivity index (χ4n) is 5.72. The quantitative estimate of drug-likeness (QED) is 0.184. The first-order valence-corrected chi connectivity index (χ1v) is 12.7. The number of carbonyl (C=O) groups is 1. The molecule has 0 radical (unpaired) electrons. The van der Waals surface area contributed by atoms with E-state index in [9.17, 15) is 4.79 Å². The monoisotopic (exact) mass is 424 g/mol. The molecule has 0 aromatic carbocycles. The molecular formula is C26H50NO3+. The van der Waals surface area contributed by atoms with Crippen molar-refractivity contribution in [2.24, 2.45) is 16.7 Å². The highest BCUT2D eigenvalue weighted by Crippen LogP contribution is 2.66. The predicted molar refractivity (Wildman–Crippen MR) is 124 cm³/mol. The molecule has 4 heteroatoms. The van der Waals surface area contributed by atoms with E-state index in [1.54, 1.807) is 0 Å². The highest BCUT2D eigenvalue weighted by atomic mass is 16.5. The Morgan fingerprint density at radius 2 is 1.60 bits per heavy atom. The summed E-state index contributed by atoms with van der Waals surface area (Å²) in [7, 11) is 4.21. The molecule has 0 aliphatic heterocycles. The Kier molecular flexibility index (Phi) is 9.67. The summed E-state index contributed by atoms with van der Waals surface area (Å²) in [6, 6.07) is 0. The number of carbonyl (C=O) groups excluding carboxylic acids is 1. The fraction of sp³-hybridized carbons (Fsp3) is 0.962. The lowest BCUT2D eigenvalue weighted by atomic mass is 9.70. The zero-order chi connectivity index (χ0) is 22.3. The lowest BCUT2D eigenvalue weighted by molar-refractivity contribution is -0.883. The lowest BCUT2D eigenvalue weighted by Gasteiger charge is -2.39. The van der Waals surface area contributed by atoms with Gasteiger partial charge in [-0.15, -0.1) is 0 Å². The van der Waals surface area contributed by atoms with Gasteiger partial charge in [0, 0.05) is 0 Å². The van der Waals surface area contributed by atoms with Crippen molar-refractivity contribution >= 4 is 5.97 Å². The first-order chi connectivity index (χ1) is 14.1. The molecule has 2 aliphatic rings. The summed E-state index contributed by atoms with van der Waals surface area (Å²) < 4.78 is 12.5. The maximum Gasteiger partial charge on any atom is 0.361 e. The van der Waals surface area contributed by atoms with E-state index in [2.05, 4.69) is 41.8 Å². The molecule has 0 spiro atoms. The number of nitrogens with zero attached hydrogens (tertiary/aromatic N) is 1. The summed E-state index contributed by atoms with van der Waals surface area (Å²) in [5, 5.41) is 0. The van der Waals surface area contributed by atoms with Crippen LogP contribution in [0.3, 0.4) is 0 Å². The van der Waals surface area contributed by atoms with E-state index in [1.165, 1.54) is 64.2 Å². The third kappa shape index (κ3) is 6.69. The van der Waals surface area contributed by atoms with Crippen molar-refractivity contribution < 1.29 is 18.8 Å². The van der Waals surface area contributed by atoms with E-state index >= 15 is 0 Å². The molecule has 176 valence electrons. The molecule has 0 unspecified atom stereocenters. The fourth-order valence-corrected chi connectivity index (χ4v) is 5.72. The average molecular weight is 425 g/mol. The number of rotatable bonds is 15. The molecule has 30 heavy (non-hydrogen) atoms. The molecule has 0 N–H and O–H groups in total. The molecule has 4 nitrogen and oxygen atoms in total. The van der Waals surface area contributed by atoms with Crippen molar-refractivity contribution in [3.63, 3.8) is 0 Å². The summed E-state index contributed by atoms with van der Waals surface area (Å²) in [4.78, 5) is 12.2. The molecule has 2 fully saturated rings. The van der Waals surface area contributed by atoms with Gasteiger partial charge in [-0.1, -0.05) is 72.6 Å². The maximum atomic E-state index is 12.2. The van der Waals surface area contributed by atoms with Crippen LogP contribution in [0.2, 0.25) is 0 Å². The molecule has 2 rings (SSSR count). The number of fused-ring (bicyclic) bond motifs is 2. The largest absolute Gasteiger partial charge is 0.462 e. The van der Waals surface area contributed by atoms with Crippen LogP contribution < -0.4 is 0 Å². The van der Waals surface area contributed by atoms with Crippen molar-refractivity contribution in [3.8, 4) is 0 Å². The summed E-state index contributed by atoms with van der Waals surface area (Å²) in [5.41, 5.74) is 0.699. The maximum absolute atomic E-state index is 12.2. The Morgan fingerprint density at radius 3 is 2.17 bits per heavy atom. The van der Waals surface area contributed by atoms with Gasteiger partial charge in [-0.2, -0.15) is 0 Å². The smallest absolute Gasteiger partial charge is 0.361 e. The number of likely N-dealkylation sites (N-methyl/N-ethyl adjacent to an activating group) is 1. The Bertz CT molecular complexity index is 530. The molecule has 2 aliphatic carbocycles. The van der Waals surface area contributed by atoms with Crippen molar-refractivity contribution in [2.45, 2.75) is 104 Å². The van der Waals surface area contributed by atoms with Gasteiger partial charge in [0.1, 0.15) is 6.54 Å². The minimum atomic E-state index is -0.0732. The van der Waals surface area contributed by atoms with E-state index < -0.39 is 0 Å². The first kappa shape index (κ1) is 25.6. The second-order valence-corrected chi connectivity index (χ2v) is 11.5. The number of unbranched alkanes of at least 4 members (excludes halogenated alkanes) is 7. The summed E-state index contributed by atoms with van der Waals surface area (Å²) in [6.07, 6.45) is 14.3. The highest BCUT2D eigenvalue weighted by molar-refractivity contribution is 5.70. The minimum absolute atomic E-state index is 0.0732. The third-order valence-corrected chi connectivity index (χ3v) is 8.55. The second kappa shape index (κ2) is 11.3. The molecule has 0 amide bonds. The molecular weight excluding hydrogens is 374 g/mol. The van der Waals surface area contributed by atoms with Crippen LogP contribution in [-0.2, 0) is 14.3 Å². The topological polar surface area (TPSA) is 35.5 Å².